The zero-order valence-electron chi connectivity index (χ0n) is 14.1. The van der Waals surface area contributed by atoms with E-state index >= 15 is 0 Å². The first-order chi connectivity index (χ1) is 9.71. The zero-order valence-corrected chi connectivity index (χ0v) is 14.1. The molecular weight excluding hydrogens is 268 g/mol. The van der Waals surface area contributed by atoms with Crippen LogP contribution < -0.4 is 0 Å². The molecule has 1 unspecified atom stereocenters. The maximum absolute atomic E-state index is 12.7. The van der Waals surface area contributed by atoms with Crippen LogP contribution in [0.5, 0.6) is 0 Å². The van der Waals surface area contributed by atoms with Crippen molar-refractivity contribution in [3.63, 3.8) is 0 Å². The number of urea groups is 1. The molecule has 1 atom stereocenters. The van der Waals surface area contributed by atoms with Crippen LogP contribution in [0.2, 0.25) is 0 Å². The van der Waals surface area contributed by atoms with E-state index < -0.39 is 11.5 Å². The molecule has 122 valence electrons. The molecule has 1 aliphatic rings. The van der Waals surface area contributed by atoms with Crippen molar-refractivity contribution >= 4 is 12.0 Å². The second kappa shape index (κ2) is 7.14. The molecule has 0 radical (unpaired) electrons. The zero-order chi connectivity index (χ0) is 16.2. The Kier molecular flexibility index (Phi) is 6.05. The summed E-state index contributed by atoms with van der Waals surface area (Å²) in [6.45, 7) is 6.20. The van der Waals surface area contributed by atoms with Crippen molar-refractivity contribution in [3.8, 4) is 0 Å². The van der Waals surface area contributed by atoms with Crippen LogP contribution in [-0.2, 0) is 4.79 Å². The molecule has 0 aliphatic heterocycles. The minimum absolute atomic E-state index is 0.0408. The van der Waals surface area contributed by atoms with E-state index in [0.717, 1.165) is 32.1 Å². The molecule has 5 nitrogen and oxygen atoms in total. The van der Waals surface area contributed by atoms with Crippen molar-refractivity contribution in [2.75, 3.05) is 14.1 Å². The van der Waals surface area contributed by atoms with Crippen molar-refractivity contribution < 1.29 is 14.7 Å². The quantitative estimate of drug-likeness (QED) is 0.848. The van der Waals surface area contributed by atoms with Gasteiger partial charge in [0.05, 0.1) is 12.0 Å². The smallest absolute Gasteiger partial charge is 0.320 e. The molecule has 1 rings (SSSR count). The number of hydrogen-bond donors (Lipinski definition) is 1. The summed E-state index contributed by atoms with van der Waals surface area (Å²) in [5.41, 5.74) is -0.522. The van der Waals surface area contributed by atoms with E-state index in [1.54, 1.807) is 23.9 Å². The lowest BCUT2D eigenvalue weighted by Gasteiger charge is -2.46. The molecule has 5 heteroatoms. The maximum atomic E-state index is 12.7. The Hall–Kier alpha value is -1.26. The molecule has 0 spiro atoms. The van der Waals surface area contributed by atoms with Crippen molar-refractivity contribution in [2.24, 2.45) is 5.92 Å². The van der Waals surface area contributed by atoms with E-state index in [2.05, 4.69) is 13.8 Å². The third-order valence-electron chi connectivity index (χ3n) is 5.14. The average Bonchev–Trinajstić information content (AvgIpc) is 2.44. The number of carbonyl (C=O) groups excluding carboxylic acids is 1. The van der Waals surface area contributed by atoms with Crippen molar-refractivity contribution in [1.29, 1.82) is 0 Å². The Bertz CT molecular complexity index is 376. The summed E-state index contributed by atoms with van der Waals surface area (Å²) in [5.74, 6) is -0.453. The summed E-state index contributed by atoms with van der Waals surface area (Å²) in [5, 5.41) is 9.25. The second-order valence-corrected chi connectivity index (χ2v) is 6.79. The van der Waals surface area contributed by atoms with Gasteiger partial charge in [-0.05, 0) is 25.7 Å². The molecular formula is C16H30N2O3. The summed E-state index contributed by atoms with van der Waals surface area (Å²) in [7, 11) is 3.57. The molecule has 21 heavy (non-hydrogen) atoms. The first kappa shape index (κ1) is 17.8. The third-order valence-corrected chi connectivity index (χ3v) is 5.14. The van der Waals surface area contributed by atoms with Gasteiger partial charge in [-0.15, -0.1) is 0 Å². The SMILES string of the molecule is CC(C)C(C)N(C)C(=O)N(C)C1(CC(=O)O)CCCCC1. The van der Waals surface area contributed by atoms with Crippen LogP contribution in [0, 0.1) is 5.92 Å². The molecule has 1 fully saturated rings. The Morgan fingerprint density at radius 1 is 1.10 bits per heavy atom. The maximum Gasteiger partial charge on any atom is 0.320 e. The fourth-order valence-corrected chi connectivity index (χ4v) is 3.18. The Labute approximate surface area is 128 Å². The topological polar surface area (TPSA) is 60.9 Å². The van der Waals surface area contributed by atoms with Crippen LogP contribution in [0.15, 0.2) is 0 Å². The number of hydrogen-bond acceptors (Lipinski definition) is 2. The van der Waals surface area contributed by atoms with Crippen molar-refractivity contribution in [1.82, 2.24) is 9.80 Å². The van der Waals surface area contributed by atoms with E-state index in [9.17, 15) is 14.7 Å². The fraction of sp³-hybridized carbons (Fsp3) is 0.875. The lowest BCUT2D eigenvalue weighted by molar-refractivity contribution is -0.140. The average molecular weight is 298 g/mol. The van der Waals surface area contributed by atoms with E-state index in [0.29, 0.717) is 5.92 Å². The standard InChI is InChI=1S/C16H30N2O3/c1-12(2)13(3)17(4)15(21)18(5)16(11-14(19)20)9-7-6-8-10-16/h12-13H,6-11H2,1-5H3,(H,19,20). The summed E-state index contributed by atoms with van der Waals surface area (Å²) in [4.78, 5) is 27.4. The fourth-order valence-electron chi connectivity index (χ4n) is 3.18. The predicted octanol–water partition coefficient (Wildman–Crippen LogP) is 3.19. The van der Waals surface area contributed by atoms with Gasteiger partial charge in [-0.1, -0.05) is 33.1 Å². The van der Waals surface area contributed by atoms with E-state index in [1.165, 1.54) is 0 Å². The Balaban J connectivity index is 2.91. The minimum Gasteiger partial charge on any atom is -0.481 e. The van der Waals surface area contributed by atoms with Gasteiger partial charge in [-0.2, -0.15) is 0 Å². The number of carboxylic acids is 1. The third kappa shape index (κ3) is 4.11. The highest BCUT2D eigenvalue weighted by Crippen LogP contribution is 2.36. The summed E-state index contributed by atoms with van der Waals surface area (Å²) >= 11 is 0. The summed E-state index contributed by atoms with van der Waals surface area (Å²) < 4.78 is 0. The van der Waals surface area contributed by atoms with Gasteiger partial charge in [0.1, 0.15) is 0 Å². The number of rotatable bonds is 5. The molecule has 0 heterocycles. The molecule has 1 saturated carbocycles. The lowest BCUT2D eigenvalue weighted by Crippen LogP contribution is -2.57. The van der Waals surface area contributed by atoms with Gasteiger partial charge in [0.25, 0.3) is 0 Å². The Morgan fingerprint density at radius 3 is 2.05 bits per heavy atom. The first-order valence-corrected chi connectivity index (χ1v) is 7.93. The summed E-state index contributed by atoms with van der Waals surface area (Å²) in [6, 6.07) is 0.0600. The van der Waals surface area contributed by atoms with Gasteiger partial charge in [0.15, 0.2) is 0 Å². The molecule has 1 N–H and O–H groups in total. The van der Waals surface area contributed by atoms with Crippen LogP contribution in [0.25, 0.3) is 0 Å². The molecule has 0 aromatic rings. The van der Waals surface area contributed by atoms with Gasteiger partial charge in [-0.25, -0.2) is 4.79 Å². The molecule has 0 aromatic carbocycles. The van der Waals surface area contributed by atoms with Crippen LogP contribution in [0.3, 0.4) is 0 Å². The van der Waals surface area contributed by atoms with E-state index in [1.807, 2.05) is 6.92 Å². The minimum atomic E-state index is -0.823. The normalized spacial score (nSPS) is 19.1. The molecule has 2 amide bonds. The number of amides is 2. The highest BCUT2D eigenvalue weighted by atomic mass is 16.4. The molecule has 0 aromatic heterocycles. The van der Waals surface area contributed by atoms with Crippen LogP contribution in [0.1, 0.15) is 59.3 Å². The lowest BCUT2D eigenvalue weighted by atomic mass is 9.78. The molecule has 1 aliphatic carbocycles. The van der Waals surface area contributed by atoms with E-state index in [4.69, 9.17) is 0 Å². The van der Waals surface area contributed by atoms with Crippen LogP contribution in [-0.4, -0.2) is 52.6 Å². The van der Waals surface area contributed by atoms with Gasteiger partial charge in [0.2, 0.25) is 0 Å². The van der Waals surface area contributed by atoms with Crippen molar-refractivity contribution in [2.45, 2.75) is 70.9 Å². The Morgan fingerprint density at radius 2 is 1.62 bits per heavy atom. The largest absolute Gasteiger partial charge is 0.481 e. The predicted molar refractivity (Wildman–Crippen MR) is 83.3 cm³/mol. The second-order valence-electron chi connectivity index (χ2n) is 6.79. The van der Waals surface area contributed by atoms with Crippen LogP contribution >= 0.6 is 0 Å². The van der Waals surface area contributed by atoms with Gasteiger partial charge < -0.3 is 14.9 Å². The number of nitrogens with zero attached hydrogens (tertiary/aromatic N) is 2. The number of aliphatic carboxylic acids is 1. The number of carbonyl (C=O) groups is 2. The van der Waals surface area contributed by atoms with E-state index in [-0.39, 0.29) is 18.5 Å². The molecule has 0 bridgehead atoms. The van der Waals surface area contributed by atoms with Crippen LogP contribution in [0.4, 0.5) is 4.79 Å². The first-order valence-electron chi connectivity index (χ1n) is 7.93. The highest BCUT2D eigenvalue weighted by molar-refractivity contribution is 5.77. The van der Waals surface area contributed by atoms with Gasteiger partial charge in [-0.3, -0.25) is 4.79 Å². The summed E-state index contributed by atoms with van der Waals surface area (Å²) in [6.07, 6.45) is 4.72. The van der Waals surface area contributed by atoms with Crippen molar-refractivity contribution in [3.05, 3.63) is 0 Å². The van der Waals surface area contributed by atoms with Gasteiger partial charge >= 0.3 is 12.0 Å². The monoisotopic (exact) mass is 298 g/mol. The molecule has 0 saturated heterocycles. The van der Waals surface area contributed by atoms with Gasteiger partial charge in [0, 0.05) is 20.1 Å². The highest BCUT2D eigenvalue weighted by Gasteiger charge is 2.41. The number of carboxylic acid groups (broad SMARTS) is 1.